The van der Waals surface area contributed by atoms with Gasteiger partial charge in [0.15, 0.2) is 0 Å². The Morgan fingerprint density at radius 2 is 2.00 bits per heavy atom. The number of nitrogens with one attached hydrogen (secondary N) is 1. The largest absolute Gasteiger partial charge is 0.497 e. The van der Waals surface area contributed by atoms with Gasteiger partial charge in [-0.1, -0.05) is 12.1 Å². The summed E-state index contributed by atoms with van der Waals surface area (Å²) in [7, 11) is 1.65. The zero-order valence-electron chi connectivity index (χ0n) is 12.1. The second kappa shape index (κ2) is 7.26. The summed E-state index contributed by atoms with van der Waals surface area (Å²) in [6.07, 6.45) is 0. The van der Waals surface area contributed by atoms with Gasteiger partial charge in [0.2, 0.25) is 5.91 Å². The number of carbonyl (C=O) groups is 1. The average Bonchev–Trinajstić information content (AvgIpc) is 2.53. The molecule has 0 aromatic heterocycles. The summed E-state index contributed by atoms with van der Waals surface area (Å²) in [5, 5.41) is 3.26. The first-order chi connectivity index (χ1) is 9.70. The maximum atomic E-state index is 12.0. The highest BCUT2D eigenvalue weighted by atomic mass is 16.5. The van der Waals surface area contributed by atoms with Crippen molar-refractivity contribution in [2.24, 2.45) is 0 Å². The van der Waals surface area contributed by atoms with Gasteiger partial charge in [0.05, 0.1) is 26.9 Å². The number of carbonyl (C=O) groups excluding carboxylic acids is 1. The molecule has 1 amide bonds. The van der Waals surface area contributed by atoms with E-state index < -0.39 is 0 Å². The third kappa shape index (κ3) is 3.95. The number of benzene rings is 1. The molecule has 0 bridgehead atoms. The van der Waals surface area contributed by atoms with Crippen molar-refractivity contribution in [2.75, 3.05) is 40.0 Å². The summed E-state index contributed by atoms with van der Waals surface area (Å²) in [6, 6.07) is 8.01. The van der Waals surface area contributed by atoms with E-state index in [-0.39, 0.29) is 11.9 Å². The molecule has 1 unspecified atom stereocenters. The Balaban J connectivity index is 1.81. The zero-order chi connectivity index (χ0) is 14.4. The standard InChI is InChI=1S/C15H22N2O3/c1-12(13-3-5-14(19-2)6-4-13)16-11-15(18)17-7-9-20-10-8-17/h3-6,12,16H,7-11H2,1-2H3. The summed E-state index contributed by atoms with van der Waals surface area (Å²) in [4.78, 5) is 13.9. The van der Waals surface area contributed by atoms with Crippen LogP contribution < -0.4 is 10.1 Å². The molecule has 5 heteroatoms. The van der Waals surface area contributed by atoms with Gasteiger partial charge in [0, 0.05) is 19.1 Å². The van der Waals surface area contributed by atoms with Crippen LogP contribution in [0.4, 0.5) is 0 Å². The van der Waals surface area contributed by atoms with E-state index in [2.05, 4.69) is 12.2 Å². The van der Waals surface area contributed by atoms with E-state index in [1.807, 2.05) is 29.2 Å². The molecule has 1 aliphatic rings. The van der Waals surface area contributed by atoms with E-state index in [0.29, 0.717) is 32.8 Å². The average molecular weight is 278 g/mol. The highest BCUT2D eigenvalue weighted by Crippen LogP contribution is 2.17. The Labute approximate surface area is 119 Å². The number of amides is 1. The molecule has 20 heavy (non-hydrogen) atoms. The number of ether oxygens (including phenoxy) is 2. The van der Waals surface area contributed by atoms with E-state index in [9.17, 15) is 4.79 Å². The lowest BCUT2D eigenvalue weighted by Crippen LogP contribution is -2.45. The molecule has 1 aromatic carbocycles. The molecule has 1 N–H and O–H groups in total. The number of nitrogens with zero attached hydrogens (tertiary/aromatic N) is 1. The molecule has 0 spiro atoms. The van der Waals surface area contributed by atoms with Crippen LogP contribution in [0.25, 0.3) is 0 Å². The Morgan fingerprint density at radius 3 is 2.60 bits per heavy atom. The van der Waals surface area contributed by atoms with E-state index >= 15 is 0 Å². The smallest absolute Gasteiger partial charge is 0.236 e. The number of rotatable bonds is 5. The summed E-state index contributed by atoms with van der Waals surface area (Å²) < 4.78 is 10.4. The Hall–Kier alpha value is -1.59. The molecular formula is C15H22N2O3. The fraction of sp³-hybridized carbons (Fsp3) is 0.533. The van der Waals surface area contributed by atoms with Crippen LogP contribution >= 0.6 is 0 Å². The minimum absolute atomic E-state index is 0.130. The second-order valence-electron chi connectivity index (χ2n) is 4.87. The first kappa shape index (κ1) is 14.8. The van der Waals surface area contributed by atoms with E-state index in [0.717, 1.165) is 11.3 Å². The van der Waals surface area contributed by atoms with Crippen LogP contribution in [0.15, 0.2) is 24.3 Å². The molecule has 0 saturated carbocycles. The molecule has 1 aromatic rings. The fourth-order valence-electron chi connectivity index (χ4n) is 2.18. The first-order valence-electron chi connectivity index (χ1n) is 6.93. The van der Waals surface area contributed by atoms with Gasteiger partial charge in [-0.15, -0.1) is 0 Å². The molecular weight excluding hydrogens is 256 g/mol. The van der Waals surface area contributed by atoms with Crippen LogP contribution in [0.5, 0.6) is 5.75 Å². The number of hydrogen-bond donors (Lipinski definition) is 1. The van der Waals surface area contributed by atoms with Crippen molar-refractivity contribution in [3.8, 4) is 5.75 Å². The van der Waals surface area contributed by atoms with Crippen molar-refractivity contribution in [3.63, 3.8) is 0 Å². The maximum Gasteiger partial charge on any atom is 0.236 e. The van der Waals surface area contributed by atoms with Crippen molar-refractivity contribution < 1.29 is 14.3 Å². The van der Waals surface area contributed by atoms with Gasteiger partial charge >= 0.3 is 0 Å². The quantitative estimate of drug-likeness (QED) is 0.879. The highest BCUT2D eigenvalue weighted by Gasteiger charge is 2.17. The maximum absolute atomic E-state index is 12.0. The van der Waals surface area contributed by atoms with Crippen molar-refractivity contribution in [1.29, 1.82) is 0 Å². The molecule has 110 valence electrons. The van der Waals surface area contributed by atoms with Crippen LogP contribution in [0, 0.1) is 0 Å². The zero-order valence-corrected chi connectivity index (χ0v) is 12.1. The van der Waals surface area contributed by atoms with Crippen LogP contribution in [0.1, 0.15) is 18.5 Å². The molecule has 1 aliphatic heterocycles. The Bertz CT molecular complexity index is 427. The lowest BCUT2D eigenvalue weighted by atomic mass is 10.1. The van der Waals surface area contributed by atoms with E-state index in [1.54, 1.807) is 7.11 Å². The lowest BCUT2D eigenvalue weighted by molar-refractivity contribution is -0.134. The van der Waals surface area contributed by atoms with Gasteiger partial charge in [0.25, 0.3) is 0 Å². The SMILES string of the molecule is COc1ccc(C(C)NCC(=O)N2CCOCC2)cc1. The Morgan fingerprint density at radius 1 is 1.35 bits per heavy atom. The molecule has 0 aliphatic carbocycles. The summed E-state index contributed by atoms with van der Waals surface area (Å²) in [5.74, 6) is 0.971. The molecule has 1 heterocycles. The van der Waals surface area contributed by atoms with Crippen molar-refractivity contribution in [1.82, 2.24) is 10.2 Å². The molecule has 1 saturated heterocycles. The van der Waals surface area contributed by atoms with Gasteiger partial charge in [0.1, 0.15) is 5.75 Å². The summed E-state index contributed by atoms with van der Waals surface area (Å²) in [5.41, 5.74) is 1.14. The monoisotopic (exact) mass is 278 g/mol. The molecule has 1 atom stereocenters. The number of methoxy groups -OCH3 is 1. The van der Waals surface area contributed by atoms with Crippen molar-refractivity contribution in [3.05, 3.63) is 29.8 Å². The van der Waals surface area contributed by atoms with Gasteiger partial charge in [-0.25, -0.2) is 0 Å². The minimum Gasteiger partial charge on any atom is -0.497 e. The summed E-state index contributed by atoms with van der Waals surface area (Å²) >= 11 is 0. The van der Waals surface area contributed by atoms with Gasteiger partial charge < -0.3 is 19.7 Å². The van der Waals surface area contributed by atoms with Gasteiger partial charge in [-0.05, 0) is 24.6 Å². The van der Waals surface area contributed by atoms with E-state index in [1.165, 1.54) is 0 Å². The third-order valence-electron chi connectivity index (χ3n) is 3.54. The van der Waals surface area contributed by atoms with E-state index in [4.69, 9.17) is 9.47 Å². The normalized spacial score (nSPS) is 16.8. The van der Waals surface area contributed by atoms with Gasteiger partial charge in [-0.2, -0.15) is 0 Å². The molecule has 1 fully saturated rings. The highest BCUT2D eigenvalue weighted by molar-refractivity contribution is 5.78. The Kier molecular flexibility index (Phi) is 5.38. The van der Waals surface area contributed by atoms with Crippen molar-refractivity contribution in [2.45, 2.75) is 13.0 Å². The summed E-state index contributed by atoms with van der Waals surface area (Å²) in [6.45, 7) is 5.07. The lowest BCUT2D eigenvalue weighted by Gasteiger charge is -2.27. The third-order valence-corrected chi connectivity index (χ3v) is 3.54. The molecule has 5 nitrogen and oxygen atoms in total. The van der Waals surface area contributed by atoms with Gasteiger partial charge in [-0.3, -0.25) is 4.79 Å². The number of morpholine rings is 1. The predicted octanol–water partition coefficient (Wildman–Crippen LogP) is 1.20. The van der Waals surface area contributed by atoms with Crippen LogP contribution in [-0.2, 0) is 9.53 Å². The first-order valence-corrected chi connectivity index (χ1v) is 6.93. The number of hydrogen-bond acceptors (Lipinski definition) is 4. The van der Waals surface area contributed by atoms with Crippen LogP contribution in [0.2, 0.25) is 0 Å². The minimum atomic E-state index is 0.130. The second-order valence-corrected chi connectivity index (χ2v) is 4.87. The molecule has 0 radical (unpaired) electrons. The van der Waals surface area contributed by atoms with Crippen molar-refractivity contribution >= 4 is 5.91 Å². The molecule has 2 rings (SSSR count). The van der Waals surface area contributed by atoms with Crippen LogP contribution in [0.3, 0.4) is 0 Å². The topological polar surface area (TPSA) is 50.8 Å². The van der Waals surface area contributed by atoms with Crippen LogP contribution in [-0.4, -0.2) is 50.8 Å². The predicted molar refractivity (Wildman–Crippen MR) is 76.8 cm³/mol. The fourth-order valence-corrected chi connectivity index (χ4v) is 2.18.